The maximum absolute atomic E-state index is 6.19. The average Bonchev–Trinajstić information content (AvgIpc) is 2.28. The second-order valence-electron chi connectivity index (χ2n) is 5.12. The molecule has 1 aromatic carbocycles. The first-order valence-corrected chi connectivity index (χ1v) is 6.20. The summed E-state index contributed by atoms with van der Waals surface area (Å²) in [4.78, 5) is 4.66. The molecule has 90 valence electrons. The van der Waals surface area contributed by atoms with Gasteiger partial charge in [0.25, 0.3) is 0 Å². The fraction of sp³-hybridized carbons (Fsp3) is 0.400. The predicted molar refractivity (Wildman–Crippen MR) is 72.9 cm³/mol. The van der Waals surface area contributed by atoms with Crippen LogP contribution in [-0.4, -0.2) is 4.98 Å². The quantitative estimate of drug-likeness (QED) is 0.872. The Labute approximate surface area is 103 Å². The monoisotopic (exact) mass is 228 g/mol. The molecule has 1 atom stereocenters. The normalized spacial score (nSPS) is 13.2. The van der Waals surface area contributed by atoms with E-state index in [0.29, 0.717) is 5.92 Å². The Bertz CT molecular complexity index is 517. The molecule has 0 fully saturated rings. The highest BCUT2D eigenvalue weighted by Gasteiger charge is 2.11. The summed E-state index contributed by atoms with van der Waals surface area (Å²) in [5.74, 6) is 0.596. The third kappa shape index (κ3) is 2.64. The SMILES string of the molecule is Cc1cc(C(N)CC(C)C)nc2ccccc12. The van der Waals surface area contributed by atoms with E-state index in [1.165, 1.54) is 10.9 Å². The molecule has 0 bridgehead atoms. The minimum atomic E-state index is 0.0401. The highest BCUT2D eigenvalue weighted by molar-refractivity contribution is 5.82. The van der Waals surface area contributed by atoms with Crippen LogP contribution in [0.3, 0.4) is 0 Å². The predicted octanol–water partition coefficient (Wildman–Crippen LogP) is 3.59. The van der Waals surface area contributed by atoms with E-state index in [4.69, 9.17) is 5.73 Å². The Morgan fingerprint density at radius 3 is 2.65 bits per heavy atom. The molecule has 2 rings (SSSR count). The Morgan fingerprint density at radius 1 is 1.24 bits per heavy atom. The number of aromatic nitrogens is 1. The molecule has 0 saturated heterocycles. The third-order valence-electron chi connectivity index (χ3n) is 3.05. The molecule has 0 saturated carbocycles. The summed E-state index contributed by atoms with van der Waals surface area (Å²) in [6, 6.07) is 10.4. The highest BCUT2D eigenvalue weighted by Crippen LogP contribution is 2.23. The number of rotatable bonds is 3. The number of nitrogens with two attached hydrogens (primary N) is 1. The maximum Gasteiger partial charge on any atom is 0.0708 e. The Hall–Kier alpha value is -1.41. The van der Waals surface area contributed by atoms with E-state index in [9.17, 15) is 0 Å². The van der Waals surface area contributed by atoms with Crippen LogP contribution in [-0.2, 0) is 0 Å². The zero-order valence-corrected chi connectivity index (χ0v) is 10.8. The van der Waals surface area contributed by atoms with Crippen molar-refractivity contribution in [2.45, 2.75) is 33.2 Å². The van der Waals surface area contributed by atoms with Crippen LogP contribution in [0, 0.1) is 12.8 Å². The second kappa shape index (κ2) is 4.84. The lowest BCUT2D eigenvalue weighted by Crippen LogP contribution is -2.14. The molecule has 0 aliphatic rings. The Balaban J connectivity index is 2.42. The van der Waals surface area contributed by atoms with Crippen molar-refractivity contribution in [2.75, 3.05) is 0 Å². The van der Waals surface area contributed by atoms with Crippen molar-refractivity contribution in [1.82, 2.24) is 4.98 Å². The fourth-order valence-electron chi connectivity index (χ4n) is 2.19. The lowest BCUT2D eigenvalue weighted by Gasteiger charge is -2.15. The molecule has 2 N–H and O–H groups in total. The van der Waals surface area contributed by atoms with Crippen LogP contribution >= 0.6 is 0 Å². The van der Waals surface area contributed by atoms with E-state index in [1.807, 2.05) is 18.2 Å². The molecule has 17 heavy (non-hydrogen) atoms. The minimum Gasteiger partial charge on any atom is -0.323 e. The summed E-state index contributed by atoms with van der Waals surface area (Å²) in [5, 5.41) is 1.22. The molecule has 2 heteroatoms. The van der Waals surface area contributed by atoms with Gasteiger partial charge in [-0.1, -0.05) is 32.0 Å². The zero-order chi connectivity index (χ0) is 12.4. The van der Waals surface area contributed by atoms with Crippen molar-refractivity contribution in [3.05, 3.63) is 41.6 Å². The third-order valence-corrected chi connectivity index (χ3v) is 3.05. The zero-order valence-electron chi connectivity index (χ0n) is 10.8. The van der Waals surface area contributed by atoms with Crippen LogP contribution in [0.5, 0.6) is 0 Å². The van der Waals surface area contributed by atoms with Gasteiger partial charge in [0.15, 0.2) is 0 Å². The van der Waals surface area contributed by atoms with E-state index in [-0.39, 0.29) is 6.04 Å². The first-order chi connectivity index (χ1) is 8.08. The van der Waals surface area contributed by atoms with Crippen LogP contribution in [0.1, 0.15) is 37.6 Å². The topological polar surface area (TPSA) is 38.9 Å². The molecule has 0 spiro atoms. The first kappa shape index (κ1) is 12.1. The van der Waals surface area contributed by atoms with Crippen LogP contribution < -0.4 is 5.73 Å². The summed E-state index contributed by atoms with van der Waals surface area (Å²) in [5.41, 5.74) is 9.50. The fourth-order valence-corrected chi connectivity index (χ4v) is 2.19. The summed E-state index contributed by atoms with van der Waals surface area (Å²) in [6.45, 7) is 6.50. The lowest BCUT2D eigenvalue weighted by atomic mass is 9.99. The molecule has 0 aliphatic heterocycles. The molecular weight excluding hydrogens is 208 g/mol. The molecular formula is C15H20N2. The molecule has 0 radical (unpaired) electrons. The van der Waals surface area contributed by atoms with Crippen LogP contribution in [0.2, 0.25) is 0 Å². The minimum absolute atomic E-state index is 0.0401. The maximum atomic E-state index is 6.19. The van der Waals surface area contributed by atoms with E-state index >= 15 is 0 Å². The van der Waals surface area contributed by atoms with E-state index < -0.39 is 0 Å². The number of fused-ring (bicyclic) bond motifs is 1. The number of hydrogen-bond acceptors (Lipinski definition) is 2. The number of aryl methyl sites for hydroxylation is 1. The van der Waals surface area contributed by atoms with Gasteiger partial charge in [-0.2, -0.15) is 0 Å². The summed E-state index contributed by atoms with van der Waals surface area (Å²) in [6.07, 6.45) is 0.977. The molecule has 1 unspecified atom stereocenters. The average molecular weight is 228 g/mol. The summed E-state index contributed by atoms with van der Waals surface area (Å²) < 4.78 is 0. The molecule has 0 aliphatic carbocycles. The first-order valence-electron chi connectivity index (χ1n) is 6.20. The van der Waals surface area contributed by atoms with Gasteiger partial charge in [0, 0.05) is 11.4 Å². The number of pyridine rings is 1. The van der Waals surface area contributed by atoms with Crippen molar-refractivity contribution < 1.29 is 0 Å². The number of hydrogen-bond donors (Lipinski definition) is 1. The molecule has 1 heterocycles. The van der Waals surface area contributed by atoms with Gasteiger partial charge in [-0.05, 0) is 37.0 Å². The van der Waals surface area contributed by atoms with Crippen LogP contribution in [0.25, 0.3) is 10.9 Å². The number of para-hydroxylation sites is 1. The molecule has 2 aromatic rings. The van der Waals surface area contributed by atoms with Gasteiger partial charge in [0.05, 0.1) is 11.2 Å². The van der Waals surface area contributed by atoms with Gasteiger partial charge in [0.1, 0.15) is 0 Å². The lowest BCUT2D eigenvalue weighted by molar-refractivity contribution is 0.503. The van der Waals surface area contributed by atoms with Gasteiger partial charge in [-0.3, -0.25) is 4.98 Å². The van der Waals surface area contributed by atoms with Crippen molar-refractivity contribution in [1.29, 1.82) is 0 Å². The van der Waals surface area contributed by atoms with Crippen molar-refractivity contribution in [3.63, 3.8) is 0 Å². The van der Waals surface area contributed by atoms with Crippen LogP contribution in [0.15, 0.2) is 30.3 Å². The van der Waals surface area contributed by atoms with Crippen LogP contribution in [0.4, 0.5) is 0 Å². The second-order valence-corrected chi connectivity index (χ2v) is 5.12. The van der Waals surface area contributed by atoms with Gasteiger partial charge in [-0.25, -0.2) is 0 Å². The summed E-state index contributed by atoms with van der Waals surface area (Å²) >= 11 is 0. The van der Waals surface area contributed by atoms with E-state index in [2.05, 4.69) is 37.9 Å². The Morgan fingerprint density at radius 2 is 1.94 bits per heavy atom. The molecule has 0 amide bonds. The largest absolute Gasteiger partial charge is 0.323 e. The van der Waals surface area contributed by atoms with Gasteiger partial charge < -0.3 is 5.73 Å². The van der Waals surface area contributed by atoms with Crippen molar-refractivity contribution in [2.24, 2.45) is 11.7 Å². The molecule has 1 aromatic heterocycles. The van der Waals surface area contributed by atoms with E-state index in [1.54, 1.807) is 0 Å². The number of nitrogens with zero attached hydrogens (tertiary/aromatic N) is 1. The van der Waals surface area contributed by atoms with Gasteiger partial charge in [0.2, 0.25) is 0 Å². The smallest absolute Gasteiger partial charge is 0.0708 e. The standard InChI is InChI=1S/C15H20N2/c1-10(2)8-13(16)15-9-11(3)12-6-4-5-7-14(12)17-15/h4-7,9-10,13H,8,16H2,1-3H3. The van der Waals surface area contributed by atoms with Gasteiger partial charge >= 0.3 is 0 Å². The highest BCUT2D eigenvalue weighted by atomic mass is 14.8. The number of benzene rings is 1. The summed E-state index contributed by atoms with van der Waals surface area (Å²) in [7, 11) is 0. The van der Waals surface area contributed by atoms with Crippen molar-refractivity contribution in [3.8, 4) is 0 Å². The molecule has 2 nitrogen and oxygen atoms in total. The van der Waals surface area contributed by atoms with Gasteiger partial charge in [-0.15, -0.1) is 0 Å². The Kier molecular flexibility index (Phi) is 3.43. The van der Waals surface area contributed by atoms with E-state index in [0.717, 1.165) is 17.6 Å². The van der Waals surface area contributed by atoms with Crippen molar-refractivity contribution >= 4 is 10.9 Å².